The first-order chi connectivity index (χ1) is 9.34. The van der Waals surface area contributed by atoms with Gasteiger partial charge in [0.15, 0.2) is 0 Å². The number of hydrogen-bond donors (Lipinski definition) is 2. The molecule has 0 spiro atoms. The lowest BCUT2D eigenvalue weighted by molar-refractivity contribution is -0.137. The van der Waals surface area contributed by atoms with E-state index in [0.717, 1.165) is 12.1 Å². The molecule has 2 aromatic rings. The Bertz CT molecular complexity index is 604. The van der Waals surface area contributed by atoms with Gasteiger partial charge in [-0.3, -0.25) is 4.68 Å². The van der Waals surface area contributed by atoms with Gasteiger partial charge >= 0.3 is 12.2 Å². The van der Waals surface area contributed by atoms with Crippen molar-refractivity contribution in [2.45, 2.75) is 6.18 Å². The van der Waals surface area contributed by atoms with Crippen molar-refractivity contribution in [3.8, 4) is 0 Å². The number of rotatable bonds is 2. The van der Waals surface area contributed by atoms with Crippen LogP contribution in [0.4, 0.5) is 29.3 Å². The van der Waals surface area contributed by atoms with Crippen LogP contribution in [-0.4, -0.2) is 15.8 Å². The number of carbonyl (C=O) groups excluding carboxylic acids is 1. The van der Waals surface area contributed by atoms with Gasteiger partial charge in [0.25, 0.3) is 0 Å². The fourth-order valence-corrected chi connectivity index (χ4v) is 1.52. The van der Waals surface area contributed by atoms with Crippen LogP contribution in [0, 0.1) is 0 Å². The third kappa shape index (κ3) is 3.50. The summed E-state index contributed by atoms with van der Waals surface area (Å²) in [5.41, 5.74) is -0.0213. The molecule has 0 saturated carbocycles. The smallest absolute Gasteiger partial charge is 0.308 e. The lowest BCUT2D eigenvalue weighted by atomic mass is 10.2. The Labute approximate surface area is 112 Å². The molecule has 106 valence electrons. The first-order valence-corrected chi connectivity index (χ1v) is 5.58. The number of halogens is 3. The Morgan fingerprint density at radius 2 is 1.75 bits per heavy atom. The molecule has 0 fully saturated rings. The van der Waals surface area contributed by atoms with E-state index in [-0.39, 0.29) is 5.69 Å². The molecule has 0 unspecified atom stereocenters. The van der Waals surface area contributed by atoms with Crippen LogP contribution in [0.3, 0.4) is 0 Å². The second-order valence-electron chi connectivity index (χ2n) is 4.06. The Morgan fingerprint density at radius 3 is 2.25 bits per heavy atom. The number of nitrogens with zero attached hydrogens (tertiary/aromatic N) is 2. The minimum absolute atomic E-state index is 0.263. The summed E-state index contributed by atoms with van der Waals surface area (Å²) in [5, 5.41) is 8.79. The van der Waals surface area contributed by atoms with E-state index < -0.39 is 17.8 Å². The van der Waals surface area contributed by atoms with Gasteiger partial charge in [-0.05, 0) is 24.3 Å². The fourth-order valence-electron chi connectivity index (χ4n) is 1.52. The van der Waals surface area contributed by atoms with Crippen molar-refractivity contribution in [3.63, 3.8) is 0 Å². The van der Waals surface area contributed by atoms with Crippen LogP contribution in [0.1, 0.15) is 5.56 Å². The van der Waals surface area contributed by atoms with E-state index in [1.54, 1.807) is 13.2 Å². The van der Waals surface area contributed by atoms with Gasteiger partial charge in [-0.2, -0.15) is 18.3 Å². The van der Waals surface area contributed by atoms with Crippen molar-refractivity contribution in [2.24, 2.45) is 7.05 Å². The van der Waals surface area contributed by atoms with Gasteiger partial charge < -0.3 is 10.6 Å². The quantitative estimate of drug-likeness (QED) is 0.890. The Hall–Kier alpha value is -2.51. The average Bonchev–Trinajstić information content (AvgIpc) is 2.74. The van der Waals surface area contributed by atoms with Crippen molar-refractivity contribution in [1.82, 2.24) is 9.78 Å². The van der Waals surface area contributed by atoms with Crippen molar-refractivity contribution in [1.29, 1.82) is 0 Å². The lowest BCUT2D eigenvalue weighted by Gasteiger charge is -2.09. The third-order valence-electron chi connectivity index (χ3n) is 2.43. The van der Waals surface area contributed by atoms with Gasteiger partial charge in [0, 0.05) is 18.9 Å². The van der Waals surface area contributed by atoms with Gasteiger partial charge in [0.2, 0.25) is 0 Å². The van der Waals surface area contributed by atoms with Gasteiger partial charge in [-0.15, -0.1) is 0 Å². The largest absolute Gasteiger partial charge is 0.416 e. The molecule has 1 aromatic heterocycles. The molecule has 0 aliphatic rings. The highest BCUT2D eigenvalue weighted by atomic mass is 19.4. The van der Waals surface area contributed by atoms with E-state index in [4.69, 9.17) is 0 Å². The van der Waals surface area contributed by atoms with Gasteiger partial charge in [0.1, 0.15) is 0 Å². The normalized spacial score (nSPS) is 11.2. The monoisotopic (exact) mass is 284 g/mol. The Balaban J connectivity index is 1.98. The highest BCUT2D eigenvalue weighted by molar-refractivity contribution is 5.99. The first-order valence-electron chi connectivity index (χ1n) is 5.58. The molecule has 1 heterocycles. The number of benzene rings is 1. The molecule has 2 rings (SSSR count). The zero-order valence-electron chi connectivity index (χ0n) is 10.4. The molecule has 2 N–H and O–H groups in total. The zero-order valence-corrected chi connectivity index (χ0v) is 10.4. The predicted molar refractivity (Wildman–Crippen MR) is 67.3 cm³/mol. The second kappa shape index (κ2) is 5.24. The number of nitrogens with one attached hydrogen (secondary N) is 2. The maximum Gasteiger partial charge on any atom is 0.416 e. The van der Waals surface area contributed by atoms with E-state index >= 15 is 0 Å². The van der Waals surface area contributed by atoms with Gasteiger partial charge in [-0.1, -0.05) is 0 Å². The van der Waals surface area contributed by atoms with Crippen molar-refractivity contribution in [3.05, 3.63) is 42.2 Å². The molecule has 2 amide bonds. The third-order valence-corrected chi connectivity index (χ3v) is 2.43. The molecule has 8 heteroatoms. The maximum absolute atomic E-state index is 12.4. The number of urea groups is 1. The molecular weight excluding hydrogens is 273 g/mol. The minimum Gasteiger partial charge on any atom is -0.308 e. The fraction of sp³-hybridized carbons (Fsp3) is 0.167. The molecule has 0 aliphatic carbocycles. The van der Waals surface area contributed by atoms with Crippen LogP contribution >= 0.6 is 0 Å². The van der Waals surface area contributed by atoms with Crippen LogP contribution in [0.2, 0.25) is 0 Å². The highest BCUT2D eigenvalue weighted by Crippen LogP contribution is 2.29. The molecular formula is C12H11F3N4O. The summed E-state index contributed by atoms with van der Waals surface area (Å²) in [5.74, 6) is 0. The number of aromatic nitrogens is 2. The summed E-state index contributed by atoms with van der Waals surface area (Å²) in [6.45, 7) is 0. The number of alkyl halides is 3. The van der Waals surface area contributed by atoms with E-state index in [2.05, 4.69) is 15.7 Å². The summed E-state index contributed by atoms with van der Waals surface area (Å²) in [6, 6.07) is 3.62. The van der Waals surface area contributed by atoms with Crippen LogP contribution in [0.25, 0.3) is 0 Å². The molecule has 0 atom stereocenters. The number of aryl methyl sites for hydroxylation is 1. The van der Waals surface area contributed by atoms with Crippen molar-refractivity contribution in [2.75, 3.05) is 10.6 Å². The van der Waals surface area contributed by atoms with Crippen LogP contribution < -0.4 is 10.6 Å². The molecule has 5 nitrogen and oxygen atoms in total. The SMILES string of the molecule is Cn1cc(NC(=O)Nc2ccc(C(F)(F)F)cc2)cn1. The number of anilines is 2. The summed E-state index contributed by atoms with van der Waals surface area (Å²) in [4.78, 5) is 11.6. The number of carbonyl (C=O) groups is 1. The molecule has 20 heavy (non-hydrogen) atoms. The number of hydrogen-bond acceptors (Lipinski definition) is 2. The molecule has 0 saturated heterocycles. The summed E-state index contributed by atoms with van der Waals surface area (Å²) in [6.07, 6.45) is -1.35. The van der Waals surface area contributed by atoms with Gasteiger partial charge in [0.05, 0.1) is 17.4 Å². The molecule has 0 bridgehead atoms. The van der Waals surface area contributed by atoms with Crippen LogP contribution in [0.15, 0.2) is 36.7 Å². The van der Waals surface area contributed by atoms with E-state index in [1.807, 2.05) is 0 Å². The van der Waals surface area contributed by atoms with E-state index in [0.29, 0.717) is 5.69 Å². The highest BCUT2D eigenvalue weighted by Gasteiger charge is 2.29. The van der Waals surface area contributed by atoms with Crippen LogP contribution in [-0.2, 0) is 13.2 Å². The summed E-state index contributed by atoms with van der Waals surface area (Å²) in [7, 11) is 1.69. The predicted octanol–water partition coefficient (Wildman–Crippen LogP) is 3.08. The lowest BCUT2D eigenvalue weighted by Crippen LogP contribution is -2.19. The van der Waals surface area contributed by atoms with E-state index in [1.165, 1.54) is 23.0 Å². The van der Waals surface area contributed by atoms with Crippen molar-refractivity contribution < 1.29 is 18.0 Å². The Morgan fingerprint density at radius 1 is 1.15 bits per heavy atom. The average molecular weight is 284 g/mol. The summed E-state index contributed by atoms with van der Waals surface area (Å²) < 4.78 is 38.6. The zero-order chi connectivity index (χ0) is 14.8. The second-order valence-corrected chi connectivity index (χ2v) is 4.06. The topological polar surface area (TPSA) is 59.0 Å². The number of amides is 2. The molecule has 0 radical (unpaired) electrons. The first kappa shape index (κ1) is 13.9. The molecule has 0 aliphatic heterocycles. The van der Waals surface area contributed by atoms with E-state index in [9.17, 15) is 18.0 Å². The van der Waals surface area contributed by atoms with Gasteiger partial charge in [-0.25, -0.2) is 4.79 Å². The minimum atomic E-state index is -4.39. The summed E-state index contributed by atoms with van der Waals surface area (Å²) >= 11 is 0. The molecule has 1 aromatic carbocycles. The van der Waals surface area contributed by atoms with Crippen LogP contribution in [0.5, 0.6) is 0 Å². The Kier molecular flexibility index (Phi) is 3.64. The maximum atomic E-state index is 12.4. The standard InChI is InChI=1S/C12H11F3N4O/c1-19-7-10(6-16-19)18-11(20)17-9-4-2-8(3-5-9)12(13,14)15/h2-7H,1H3,(H2,17,18,20). The van der Waals surface area contributed by atoms with Crippen molar-refractivity contribution >= 4 is 17.4 Å².